The van der Waals surface area contributed by atoms with Crippen LogP contribution in [0.3, 0.4) is 0 Å². The van der Waals surface area contributed by atoms with Crippen molar-refractivity contribution in [1.82, 2.24) is 15.5 Å². The van der Waals surface area contributed by atoms with Gasteiger partial charge in [0.25, 0.3) is 0 Å². The maximum atomic E-state index is 11.5. The van der Waals surface area contributed by atoms with Crippen LogP contribution in [-0.4, -0.2) is 43.0 Å². The first-order valence-corrected chi connectivity index (χ1v) is 5.91. The van der Waals surface area contributed by atoms with Crippen LogP contribution in [0.5, 0.6) is 0 Å². The molecule has 0 bridgehead atoms. The molecule has 1 rings (SSSR count). The van der Waals surface area contributed by atoms with Gasteiger partial charge in [0.15, 0.2) is 0 Å². The summed E-state index contributed by atoms with van der Waals surface area (Å²) in [7, 11) is 0. The fourth-order valence-corrected chi connectivity index (χ4v) is 1.79. The predicted octanol–water partition coefficient (Wildman–Crippen LogP) is 0.564. The molecule has 5 nitrogen and oxygen atoms in total. The summed E-state index contributed by atoms with van der Waals surface area (Å²) in [4.78, 5) is 24.6. The average molecular weight is 227 g/mol. The molecule has 0 aliphatic carbocycles. The van der Waals surface area contributed by atoms with Crippen molar-refractivity contribution in [2.24, 2.45) is 5.92 Å². The van der Waals surface area contributed by atoms with Crippen molar-refractivity contribution in [3.05, 3.63) is 0 Å². The Morgan fingerprint density at radius 3 is 2.50 bits per heavy atom. The van der Waals surface area contributed by atoms with E-state index in [4.69, 9.17) is 0 Å². The summed E-state index contributed by atoms with van der Waals surface area (Å²) in [6.07, 6.45) is 2.27. The normalized spacial score (nSPS) is 18.1. The quantitative estimate of drug-likeness (QED) is 0.740. The summed E-state index contributed by atoms with van der Waals surface area (Å²) in [5.74, 6) is 0.531. The Morgan fingerprint density at radius 2 is 1.94 bits per heavy atom. The van der Waals surface area contributed by atoms with Gasteiger partial charge < -0.3 is 5.32 Å². The molecule has 0 spiro atoms. The van der Waals surface area contributed by atoms with Crippen molar-refractivity contribution in [1.29, 1.82) is 0 Å². The van der Waals surface area contributed by atoms with E-state index in [9.17, 15) is 9.59 Å². The molecule has 0 atom stereocenters. The van der Waals surface area contributed by atoms with Crippen LogP contribution in [-0.2, 0) is 4.79 Å². The van der Waals surface area contributed by atoms with Crippen molar-refractivity contribution in [3.8, 4) is 0 Å². The zero-order valence-corrected chi connectivity index (χ0v) is 10.1. The number of carbonyl (C=O) groups is 2. The van der Waals surface area contributed by atoms with Gasteiger partial charge in [-0.1, -0.05) is 6.92 Å². The Morgan fingerprint density at radius 1 is 1.31 bits per heavy atom. The second-order valence-corrected chi connectivity index (χ2v) is 4.37. The largest absolute Gasteiger partial charge is 0.338 e. The van der Waals surface area contributed by atoms with Gasteiger partial charge in [-0.25, -0.2) is 4.79 Å². The highest BCUT2D eigenvalue weighted by Crippen LogP contribution is 2.15. The predicted molar refractivity (Wildman–Crippen MR) is 62.1 cm³/mol. The van der Waals surface area contributed by atoms with E-state index in [2.05, 4.69) is 22.5 Å². The van der Waals surface area contributed by atoms with Crippen LogP contribution in [0.25, 0.3) is 0 Å². The third kappa shape index (κ3) is 4.61. The van der Waals surface area contributed by atoms with Gasteiger partial charge in [-0.05, 0) is 38.8 Å². The maximum Gasteiger partial charge on any atom is 0.321 e. The van der Waals surface area contributed by atoms with Gasteiger partial charge in [-0.15, -0.1) is 0 Å². The van der Waals surface area contributed by atoms with Gasteiger partial charge in [0.2, 0.25) is 5.91 Å². The highest BCUT2D eigenvalue weighted by molar-refractivity contribution is 5.95. The molecule has 0 radical (unpaired) electrons. The third-order valence-corrected chi connectivity index (χ3v) is 2.83. The van der Waals surface area contributed by atoms with Gasteiger partial charge in [-0.3, -0.25) is 15.0 Å². The zero-order valence-electron chi connectivity index (χ0n) is 10.1. The minimum atomic E-state index is -0.405. The first kappa shape index (κ1) is 13.0. The zero-order chi connectivity index (χ0) is 12.0. The van der Waals surface area contributed by atoms with Crippen LogP contribution in [0.4, 0.5) is 4.79 Å². The van der Waals surface area contributed by atoms with Gasteiger partial charge >= 0.3 is 6.03 Å². The molecule has 16 heavy (non-hydrogen) atoms. The molecule has 2 N–H and O–H groups in total. The first-order valence-electron chi connectivity index (χ1n) is 5.91. The SMILES string of the molecule is CCNC(=O)NC(=O)CN1CCC(C)CC1. The van der Waals surface area contributed by atoms with E-state index in [1.165, 1.54) is 0 Å². The van der Waals surface area contributed by atoms with Gasteiger partial charge in [0, 0.05) is 6.54 Å². The fourth-order valence-electron chi connectivity index (χ4n) is 1.79. The van der Waals surface area contributed by atoms with E-state index in [0.29, 0.717) is 13.1 Å². The molecule has 0 saturated carbocycles. The third-order valence-electron chi connectivity index (χ3n) is 2.83. The second kappa shape index (κ2) is 6.48. The molecule has 3 amide bonds. The standard InChI is InChI=1S/C11H21N3O2/c1-3-12-11(16)13-10(15)8-14-6-4-9(2)5-7-14/h9H,3-8H2,1-2H3,(H2,12,13,15,16). The van der Waals surface area contributed by atoms with Gasteiger partial charge in [0.1, 0.15) is 0 Å². The van der Waals surface area contributed by atoms with Crippen molar-refractivity contribution >= 4 is 11.9 Å². The van der Waals surface area contributed by atoms with E-state index in [0.717, 1.165) is 31.8 Å². The van der Waals surface area contributed by atoms with Crippen LogP contribution in [0.1, 0.15) is 26.7 Å². The molecule has 5 heteroatoms. The Labute approximate surface area is 96.6 Å². The number of nitrogens with zero attached hydrogens (tertiary/aromatic N) is 1. The van der Waals surface area contributed by atoms with Crippen molar-refractivity contribution in [2.75, 3.05) is 26.2 Å². The number of amides is 3. The number of hydrogen-bond acceptors (Lipinski definition) is 3. The second-order valence-electron chi connectivity index (χ2n) is 4.37. The van der Waals surface area contributed by atoms with Crippen LogP contribution >= 0.6 is 0 Å². The van der Waals surface area contributed by atoms with E-state index < -0.39 is 6.03 Å². The van der Waals surface area contributed by atoms with E-state index in [1.807, 2.05) is 6.92 Å². The summed E-state index contributed by atoms with van der Waals surface area (Å²) < 4.78 is 0. The maximum absolute atomic E-state index is 11.5. The number of urea groups is 1. The molecule has 1 fully saturated rings. The molecule has 92 valence electrons. The Balaban J connectivity index is 2.21. The highest BCUT2D eigenvalue weighted by atomic mass is 16.2. The molecule has 1 heterocycles. The lowest BCUT2D eigenvalue weighted by atomic mass is 9.99. The number of nitrogens with one attached hydrogen (secondary N) is 2. The minimum absolute atomic E-state index is 0.222. The molecular formula is C11H21N3O2. The molecule has 0 unspecified atom stereocenters. The molecular weight excluding hydrogens is 206 g/mol. The van der Waals surface area contributed by atoms with Crippen LogP contribution in [0.15, 0.2) is 0 Å². The number of imide groups is 1. The van der Waals surface area contributed by atoms with Gasteiger partial charge in [-0.2, -0.15) is 0 Å². The molecule has 0 aromatic rings. The lowest BCUT2D eigenvalue weighted by Gasteiger charge is -2.29. The van der Waals surface area contributed by atoms with Crippen molar-refractivity contribution in [2.45, 2.75) is 26.7 Å². The van der Waals surface area contributed by atoms with E-state index >= 15 is 0 Å². The lowest BCUT2D eigenvalue weighted by molar-refractivity contribution is -0.121. The molecule has 1 saturated heterocycles. The summed E-state index contributed by atoms with van der Waals surface area (Å²) >= 11 is 0. The molecule has 0 aromatic heterocycles. The van der Waals surface area contributed by atoms with Crippen molar-refractivity contribution in [3.63, 3.8) is 0 Å². The Bertz CT molecular complexity index is 248. The monoisotopic (exact) mass is 227 g/mol. The number of likely N-dealkylation sites (tertiary alicyclic amines) is 1. The summed E-state index contributed by atoms with van der Waals surface area (Å²) in [6.45, 7) is 6.79. The highest BCUT2D eigenvalue weighted by Gasteiger charge is 2.18. The van der Waals surface area contributed by atoms with Gasteiger partial charge in [0.05, 0.1) is 6.54 Å². The van der Waals surface area contributed by atoms with Crippen LogP contribution in [0, 0.1) is 5.92 Å². The van der Waals surface area contributed by atoms with Crippen LogP contribution < -0.4 is 10.6 Å². The fraction of sp³-hybridized carbons (Fsp3) is 0.818. The average Bonchev–Trinajstić information content (AvgIpc) is 2.21. The van der Waals surface area contributed by atoms with Crippen molar-refractivity contribution < 1.29 is 9.59 Å². The number of rotatable bonds is 3. The number of hydrogen-bond donors (Lipinski definition) is 2. The molecule has 1 aliphatic heterocycles. The molecule has 0 aromatic carbocycles. The first-order chi connectivity index (χ1) is 7.61. The smallest absolute Gasteiger partial charge is 0.321 e. The number of carbonyl (C=O) groups excluding carboxylic acids is 2. The minimum Gasteiger partial charge on any atom is -0.338 e. The molecule has 1 aliphatic rings. The van der Waals surface area contributed by atoms with Crippen LogP contribution in [0.2, 0.25) is 0 Å². The summed E-state index contributed by atoms with van der Waals surface area (Å²) in [5.41, 5.74) is 0. The Kier molecular flexibility index (Phi) is 5.25. The summed E-state index contributed by atoms with van der Waals surface area (Å²) in [6, 6.07) is -0.405. The Hall–Kier alpha value is -1.10. The van der Waals surface area contributed by atoms with E-state index in [1.54, 1.807) is 0 Å². The topological polar surface area (TPSA) is 61.4 Å². The number of piperidine rings is 1. The van der Waals surface area contributed by atoms with E-state index in [-0.39, 0.29) is 5.91 Å². The summed E-state index contributed by atoms with van der Waals surface area (Å²) in [5, 5.41) is 4.84. The lowest BCUT2D eigenvalue weighted by Crippen LogP contribution is -2.46.